The number of para-hydroxylation sites is 1. The van der Waals surface area contributed by atoms with Gasteiger partial charge in [0.25, 0.3) is 0 Å². The van der Waals surface area contributed by atoms with E-state index in [1.807, 2.05) is 45.3 Å². The predicted octanol–water partition coefficient (Wildman–Crippen LogP) is 5.24. The first kappa shape index (κ1) is 21.9. The van der Waals surface area contributed by atoms with Crippen molar-refractivity contribution in [1.29, 1.82) is 0 Å². The van der Waals surface area contributed by atoms with E-state index in [2.05, 4.69) is 59.2 Å². The van der Waals surface area contributed by atoms with Gasteiger partial charge in [-0.2, -0.15) is 5.10 Å². The summed E-state index contributed by atoms with van der Waals surface area (Å²) >= 11 is 1.43. The van der Waals surface area contributed by atoms with Gasteiger partial charge < -0.3 is 5.32 Å². The number of benzene rings is 2. The van der Waals surface area contributed by atoms with E-state index in [-0.39, 0.29) is 11.7 Å². The molecule has 0 aliphatic heterocycles. The van der Waals surface area contributed by atoms with Gasteiger partial charge in [0.1, 0.15) is 0 Å². The second-order valence-electron chi connectivity index (χ2n) is 7.87. The lowest BCUT2D eigenvalue weighted by molar-refractivity contribution is -0.113. The topological polar surface area (TPSA) is 64.7 Å². The molecule has 4 aromatic rings. The Morgan fingerprint density at radius 2 is 1.69 bits per heavy atom. The number of aryl methyl sites for hydroxylation is 4. The van der Waals surface area contributed by atoms with Crippen LogP contribution in [0.3, 0.4) is 0 Å². The highest BCUT2D eigenvalue weighted by Crippen LogP contribution is 2.33. The fourth-order valence-electron chi connectivity index (χ4n) is 3.88. The van der Waals surface area contributed by atoms with Gasteiger partial charge >= 0.3 is 0 Å². The molecule has 0 atom stereocenters. The Morgan fingerprint density at radius 1 is 1.00 bits per heavy atom. The van der Waals surface area contributed by atoms with Crippen LogP contribution in [0.5, 0.6) is 0 Å². The Morgan fingerprint density at radius 3 is 2.31 bits per heavy atom. The number of rotatable bonds is 6. The molecule has 1 amide bonds. The number of hydrogen-bond donors (Lipinski definition) is 1. The van der Waals surface area contributed by atoms with Crippen LogP contribution in [0.15, 0.2) is 59.9 Å². The van der Waals surface area contributed by atoms with E-state index in [0.29, 0.717) is 0 Å². The lowest BCUT2D eigenvalue weighted by Crippen LogP contribution is -2.16. The highest BCUT2D eigenvalue weighted by molar-refractivity contribution is 7.99. The molecule has 2 aromatic carbocycles. The van der Waals surface area contributed by atoms with Crippen molar-refractivity contribution in [3.8, 4) is 16.9 Å². The lowest BCUT2D eigenvalue weighted by atomic mass is 10.1. The van der Waals surface area contributed by atoms with Crippen LogP contribution >= 0.6 is 11.8 Å². The quantitative estimate of drug-likeness (QED) is 0.412. The monoisotopic (exact) mass is 445 g/mol. The molecule has 0 radical (unpaired) electrons. The molecule has 0 bridgehead atoms. The molecule has 164 valence electrons. The van der Waals surface area contributed by atoms with Gasteiger partial charge in [0.15, 0.2) is 5.16 Å². The van der Waals surface area contributed by atoms with Gasteiger partial charge in [-0.15, -0.1) is 0 Å². The third-order valence-electron chi connectivity index (χ3n) is 5.57. The molecule has 6 nitrogen and oxygen atoms in total. The third-order valence-corrected chi connectivity index (χ3v) is 6.52. The minimum Gasteiger partial charge on any atom is -0.322 e. The first-order valence-corrected chi connectivity index (χ1v) is 11.5. The van der Waals surface area contributed by atoms with Crippen molar-refractivity contribution in [3.05, 3.63) is 77.2 Å². The standard InChI is InChI=1S/C25H27N5OS/c1-16-10-9-11-17(2)24(16)30-21(20-12-7-6-8-13-20)14-26-25(30)32-15-22(31)27-23-18(3)28-29(5)19(23)4/h6-14H,15H2,1-5H3,(H,27,31). The van der Waals surface area contributed by atoms with Gasteiger partial charge in [-0.1, -0.05) is 60.3 Å². The normalized spacial score (nSPS) is 11.0. The summed E-state index contributed by atoms with van der Waals surface area (Å²) in [5.41, 5.74) is 8.04. The Balaban J connectivity index is 1.66. The molecular weight excluding hydrogens is 418 g/mol. The van der Waals surface area contributed by atoms with E-state index in [4.69, 9.17) is 4.98 Å². The van der Waals surface area contributed by atoms with Crippen molar-refractivity contribution in [1.82, 2.24) is 19.3 Å². The van der Waals surface area contributed by atoms with E-state index < -0.39 is 0 Å². The number of amides is 1. The minimum absolute atomic E-state index is 0.0773. The summed E-state index contributed by atoms with van der Waals surface area (Å²) in [4.78, 5) is 17.5. The van der Waals surface area contributed by atoms with Crippen LogP contribution in [-0.2, 0) is 11.8 Å². The van der Waals surface area contributed by atoms with Crippen LogP contribution in [0.2, 0.25) is 0 Å². The molecule has 0 aliphatic carbocycles. The third kappa shape index (κ3) is 4.21. The van der Waals surface area contributed by atoms with Gasteiger partial charge in [0.2, 0.25) is 5.91 Å². The number of aromatic nitrogens is 4. The second-order valence-corrected chi connectivity index (χ2v) is 8.82. The van der Waals surface area contributed by atoms with Crippen LogP contribution in [0, 0.1) is 27.7 Å². The highest BCUT2D eigenvalue weighted by atomic mass is 32.2. The fourth-order valence-corrected chi connectivity index (χ4v) is 4.66. The summed E-state index contributed by atoms with van der Waals surface area (Å²) in [6.07, 6.45) is 1.89. The number of nitrogens with zero attached hydrogens (tertiary/aromatic N) is 4. The first-order valence-electron chi connectivity index (χ1n) is 10.5. The molecule has 1 N–H and O–H groups in total. The SMILES string of the molecule is Cc1cccc(C)c1-n1c(-c2ccccc2)cnc1SCC(=O)Nc1c(C)nn(C)c1C. The van der Waals surface area contributed by atoms with E-state index in [1.165, 1.54) is 11.8 Å². The van der Waals surface area contributed by atoms with Crippen molar-refractivity contribution in [3.63, 3.8) is 0 Å². The van der Waals surface area contributed by atoms with Crippen molar-refractivity contribution >= 4 is 23.4 Å². The molecule has 0 spiro atoms. The number of anilines is 1. The van der Waals surface area contributed by atoms with Gasteiger partial charge in [0.05, 0.1) is 40.4 Å². The zero-order valence-corrected chi connectivity index (χ0v) is 19.8. The number of nitrogens with one attached hydrogen (secondary N) is 1. The zero-order chi connectivity index (χ0) is 22.8. The van der Waals surface area contributed by atoms with Gasteiger partial charge in [-0.3, -0.25) is 14.0 Å². The minimum atomic E-state index is -0.0773. The fraction of sp³-hybridized carbons (Fsp3) is 0.240. The maximum Gasteiger partial charge on any atom is 0.234 e. The molecule has 7 heteroatoms. The van der Waals surface area contributed by atoms with E-state index in [9.17, 15) is 4.79 Å². The molecule has 0 saturated carbocycles. The number of imidazole rings is 1. The second kappa shape index (κ2) is 9.04. The van der Waals surface area contributed by atoms with Crippen molar-refractivity contribution in [2.75, 3.05) is 11.1 Å². The van der Waals surface area contributed by atoms with Gasteiger partial charge in [-0.25, -0.2) is 4.98 Å². The summed E-state index contributed by atoms with van der Waals surface area (Å²) in [6.45, 7) is 8.05. The average Bonchev–Trinajstić information content (AvgIpc) is 3.29. The summed E-state index contributed by atoms with van der Waals surface area (Å²) < 4.78 is 3.94. The van der Waals surface area contributed by atoms with Crippen molar-refractivity contribution < 1.29 is 4.79 Å². The smallest absolute Gasteiger partial charge is 0.234 e. The maximum absolute atomic E-state index is 12.8. The number of hydrogen-bond acceptors (Lipinski definition) is 4. The van der Waals surface area contributed by atoms with Crippen LogP contribution in [0.1, 0.15) is 22.5 Å². The van der Waals surface area contributed by atoms with Crippen LogP contribution in [0.4, 0.5) is 5.69 Å². The maximum atomic E-state index is 12.8. The molecule has 4 rings (SSSR count). The number of thioether (sulfide) groups is 1. The molecule has 0 unspecified atom stereocenters. The molecule has 0 aliphatic rings. The van der Waals surface area contributed by atoms with E-state index >= 15 is 0 Å². The molecule has 0 fully saturated rings. The molecule has 0 saturated heterocycles. The van der Waals surface area contributed by atoms with Crippen LogP contribution in [0.25, 0.3) is 16.9 Å². The Kier molecular flexibility index (Phi) is 6.19. The lowest BCUT2D eigenvalue weighted by Gasteiger charge is -2.17. The van der Waals surface area contributed by atoms with Gasteiger partial charge in [0, 0.05) is 12.6 Å². The number of carbonyl (C=O) groups excluding carboxylic acids is 1. The van der Waals surface area contributed by atoms with Crippen molar-refractivity contribution in [2.24, 2.45) is 7.05 Å². The molecule has 2 aromatic heterocycles. The van der Waals surface area contributed by atoms with E-state index in [0.717, 1.165) is 50.3 Å². The largest absolute Gasteiger partial charge is 0.322 e. The molecule has 2 heterocycles. The zero-order valence-electron chi connectivity index (χ0n) is 19.0. The van der Waals surface area contributed by atoms with Gasteiger partial charge in [-0.05, 0) is 38.8 Å². The summed E-state index contributed by atoms with van der Waals surface area (Å²) in [6, 6.07) is 16.5. The Hall–Kier alpha value is -3.32. The first-order chi connectivity index (χ1) is 15.4. The molecule has 32 heavy (non-hydrogen) atoms. The summed E-state index contributed by atoms with van der Waals surface area (Å²) in [7, 11) is 1.87. The summed E-state index contributed by atoms with van der Waals surface area (Å²) in [5, 5.41) is 8.17. The Labute approximate surface area is 192 Å². The average molecular weight is 446 g/mol. The van der Waals surface area contributed by atoms with Crippen molar-refractivity contribution in [2.45, 2.75) is 32.9 Å². The predicted molar refractivity (Wildman–Crippen MR) is 131 cm³/mol. The molecular formula is C25H27N5OS. The van der Waals surface area contributed by atoms with Crippen LogP contribution in [-0.4, -0.2) is 31.0 Å². The number of carbonyl (C=O) groups is 1. The van der Waals surface area contributed by atoms with Crippen LogP contribution < -0.4 is 5.32 Å². The Bertz CT molecular complexity index is 1250. The highest BCUT2D eigenvalue weighted by Gasteiger charge is 2.19. The van der Waals surface area contributed by atoms with E-state index in [1.54, 1.807) is 4.68 Å². The summed E-state index contributed by atoms with van der Waals surface area (Å²) in [5.74, 6) is 0.177.